The summed E-state index contributed by atoms with van der Waals surface area (Å²) in [4.78, 5) is 15.2. The average molecular weight is 449 g/mol. The van der Waals surface area contributed by atoms with E-state index >= 15 is 0 Å². The molecule has 0 aromatic heterocycles. The third-order valence-electron chi connectivity index (χ3n) is 6.06. The van der Waals surface area contributed by atoms with Crippen LogP contribution in [0, 0.1) is 5.92 Å². The van der Waals surface area contributed by atoms with E-state index in [1.165, 1.54) is 4.31 Å². The van der Waals surface area contributed by atoms with Crippen LogP contribution in [0.15, 0.2) is 95.9 Å². The SMILES string of the molecule is CN(Cc1ccccc1)C(=O)[C@@H]1CC[C@H](c2ccccc2)N(S(=O)(=O)c2ccccc2)C1. The molecule has 0 radical (unpaired) electrons. The maximum absolute atomic E-state index is 13.6. The molecule has 0 bridgehead atoms. The Morgan fingerprint density at radius 3 is 2.06 bits per heavy atom. The summed E-state index contributed by atoms with van der Waals surface area (Å²) in [5, 5.41) is 0. The quantitative estimate of drug-likeness (QED) is 0.558. The molecular formula is C26H28N2O3S. The van der Waals surface area contributed by atoms with Gasteiger partial charge in [0.25, 0.3) is 0 Å². The van der Waals surface area contributed by atoms with Crippen molar-refractivity contribution in [3.05, 3.63) is 102 Å². The van der Waals surface area contributed by atoms with Crippen LogP contribution in [0.1, 0.15) is 30.0 Å². The molecule has 1 heterocycles. The summed E-state index contributed by atoms with van der Waals surface area (Å²) in [6, 6.07) is 27.7. The van der Waals surface area contributed by atoms with Crippen LogP contribution in [-0.4, -0.2) is 37.1 Å². The van der Waals surface area contributed by atoms with Crippen LogP contribution >= 0.6 is 0 Å². The normalized spacial score (nSPS) is 19.4. The highest BCUT2D eigenvalue weighted by Crippen LogP contribution is 2.38. The number of amides is 1. The zero-order valence-electron chi connectivity index (χ0n) is 18.2. The number of rotatable bonds is 6. The van der Waals surface area contributed by atoms with Gasteiger partial charge in [-0.25, -0.2) is 8.42 Å². The lowest BCUT2D eigenvalue weighted by Gasteiger charge is -2.39. The molecule has 0 spiro atoms. The van der Waals surface area contributed by atoms with Gasteiger partial charge in [0, 0.05) is 20.1 Å². The zero-order chi connectivity index (χ0) is 22.6. The molecule has 5 nitrogen and oxygen atoms in total. The van der Waals surface area contributed by atoms with Gasteiger partial charge in [-0.1, -0.05) is 78.9 Å². The van der Waals surface area contributed by atoms with Crippen LogP contribution in [0.2, 0.25) is 0 Å². The Morgan fingerprint density at radius 2 is 1.44 bits per heavy atom. The summed E-state index contributed by atoms with van der Waals surface area (Å²) < 4.78 is 28.7. The Morgan fingerprint density at radius 1 is 0.875 bits per heavy atom. The minimum atomic E-state index is -3.75. The molecule has 1 aliphatic heterocycles. The van der Waals surface area contributed by atoms with Crippen molar-refractivity contribution >= 4 is 15.9 Å². The highest BCUT2D eigenvalue weighted by molar-refractivity contribution is 7.89. The van der Waals surface area contributed by atoms with Gasteiger partial charge in [-0.05, 0) is 36.1 Å². The number of hydrogen-bond acceptors (Lipinski definition) is 3. The van der Waals surface area contributed by atoms with E-state index in [4.69, 9.17) is 0 Å². The molecule has 0 N–H and O–H groups in total. The highest BCUT2D eigenvalue weighted by Gasteiger charge is 2.40. The molecule has 0 saturated carbocycles. The van der Waals surface area contributed by atoms with Crippen LogP contribution in [0.25, 0.3) is 0 Å². The summed E-state index contributed by atoms with van der Waals surface area (Å²) in [6.45, 7) is 0.679. The fraction of sp³-hybridized carbons (Fsp3) is 0.269. The first kappa shape index (κ1) is 22.2. The number of benzene rings is 3. The molecule has 0 aliphatic carbocycles. The third-order valence-corrected chi connectivity index (χ3v) is 7.95. The lowest BCUT2D eigenvalue weighted by molar-refractivity contribution is -0.136. The van der Waals surface area contributed by atoms with Gasteiger partial charge in [-0.3, -0.25) is 4.79 Å². The molecular weight excluding hydrogens is 420 g/mol. The van der Waals surface area contributed by atoms with Crippen molar-refractivity contribution in [3.63, 3.8) is 0 Å². The number of sulfonamides is 1. The fourth-order valence-corrected chi connectivity index (χ4v) is 6.10. The first-order valence-corrected chi connectivity index (χ1v) is 12.3. The summed E-state index contributed by atoms with van der Waals surface area (Å²) in [6.07, 6.45) is 1.25. The van der Waals surface area contributed by atoms with Gasteiger partial charge in [0.15, 0.2) is 0 Å². The Balaban J connectivity index is 1.60. The average Bonchev–Trinajstić information content (AvgIpc) is 2.85. The number of hydrogen-bond donors (Lipinski definition) is 0. The van der Waals surface area contributed by atoms with Crippen molar-refractivity contribution in [2.75, 3.05) is 13.6 Å². The van der Waals surface area contributed by atoms with Gasteiger partial charge in [-0.15, -0.1) is 0 Å². The van der Waals surface area contributed by atoms with E-state index in [1.807, 2.05) is 60.7 Å². The second-order valence-corrected chi connectivity index (χ2v) is 10.2. The topological polar surface area (TPSA) is 57.7 Å². The highest BCUT2D eigenvalue weighted by atomic mass is 32.2. The standard InChI is InChI=1S/C26H28N2O3S/c1-27(19-21-11-5-2-6-12-21)26(29)23-17-18-25(22-13-7-3-8-14-22)28(20-23)32(30,31)24-15-9-4-10-16-24/h2-16,23,25H,17-20H2,1H3/t23-,25-/m1/s1. The molecule has 1 amide bonds. The van der Waals surface area contributed by atoms with Crippen molar-refractivity contribution in [1.29, 1.82) is 0 Å². The number of carbonyl (C=O) groups excluding carboxylic acids is 1. The molecule has 166 valence electrons. The Hall–Kier alpha value is -2.96. The van der Waals surface area contributed by atoms with E-state index in [1.54, 1.807) is 42.3 Å². The van der Waals surface area contributed by atoms with Crippen molar-refractivity contribution in [1.82, 2.24) is 9.21 Å². The van der Waals surface area contributed by atoms with E-state index in [0.717, 1.165) is 11.1 Å². The lowest BCUT2D eigenvalue weighted by atomic mass is 9.90. The van der Waals surface area contributed by atoms with Gasteiger partial charge in [0.05, 0.1) is 16.9 Å². The minimum absolute atomic E-state index is 0.0198. The molecule has 4 rings (SSSR count). The van der Waals surface area contributed by atoms with Crippen LogP contribution < -0.4 is 0 Å². The van der Waals surface area contributed by atoms with Crippen LogP contribution in [-0.2, 0) is 21.4 Å². The lowest BCUT2D eigenvalue weighted by Crippen LogP contribution is -2.47. The van der Waals surface area contributed by atoms with E-state index in [-0.39, 0.29) is 29.3 Å². The molecule has 3 aromatic carbocycles. The van der Waals surface area contributed by atoms with Crippen LogP contribution in [0.5, 0.6) is 0 Å². The maximum atomic E-state index is 13.6. The second-order valence-electron chi connectivity index (χ2n) is 8.27. The first-order chi connectivity index (χ1) is 15.5. The van der Waals surface area contributed by atoms with Crippen molar-refractivity contribution in [2.24, 2.45) is 5.92 Å². The van der Waals surface area contributed by atoms with Crippen LogP contribution in [0.3, 0.4) is 0 Å². The maximum Gasteiger partial charge on any atom is 0.243 e. The summed E-state index contributed by atoms with van der Waals surface area (Å²) >= 11 is 0. The summed E-state index contributed by atoms with van der Waals surface area (Å²) in [7, 11) is -1.96. The Labute approximate surface area is 190 Å². The number of piperidine rings is 1. The molecule has 2 atom stereocenters. The van der Waals surface area contributed by atoms with E-state index in [2.05, 4.69) is 0 Å². The molecule has 32 heavy (non-hydrogen) atoms. The van der Waals surface area contributed by atoms with Crippen LogP contribution in [0.4, 0.5) is 0 Å². The molecule has 1 saturated heterocycles. The predicted molar refractivity (Wildman–Crippen MR) is 125 cm³/mol. The van der Waals surface area contributed by atoms with E-state index in [9.17, 15) is 13.2 Å². The van der Waals surface area contributed by atoms with Gasteiger partial charge in [-0.2, -0.15) is 4.31 Å². The molecule has 1 fully saturated rings. The predicted octanol–water partition coefficient (Wildman–Crippen LogP) is 4.49. The van der Waals surface area contributed by atoms with Crippen molar-refractivity contribution in [2.45, 2.75) is 30.3 Å². The van der Waals surface area contributed by atoms with Crippen molar-refractivity contribution < 1.29 is 13.2 Å². The summed E-state index contributed by atoms with van der Waals surface area (Å²) in [5.41, 5.74) is 2.01. The fourth-order valence-electron chi connectivity index (χ4n) is 4.39. The molecule has 6 heteroatoms. The largest absolute Gasteiger partial charge is 0.341 e. The Kier molecular flexibility index (Phi) is 6.72. The smallest absolute Gasteiger partial charge is 0.243 e. The second kappa shape index (κ2) is 9.67. The van der Waals surface area contributed by atoms with Gasteiger partial charge in [0.2, 0.25) is 15.9 Å². The van der Waals surface area contributed by atoms with Gasteiger partial charge >= 0.3 is 0 Å². The third kappa shape index (κ3) is 4.76. The molecule has 1 aliphatic rings. The number of carbonyl (C=O) groups is 1. The first-order valence-electron chi connectivity index (χ1n) is 10.9. The minimum Gasteiger partial charge on any atom is -0.341 e. The summed E-state index contributed by atoms with van der Waals surface area (Å²) in [5.74, 6) is -0.393. The Bertz CT molecular complexity index is 1140. The zero-order valence-corrected chi connectivity index (χ0v) is 19.0. The van der Waals surface area contributed by atoms with E-state index < -0.39 is 10.0 Å². The number of nitrogens with zero attached hydrogens (tertiary/aromatic N) is 2. The molecule has 3 aromatic rings. The van der Waals surface area contributed by atoms with Gasteiger partial charge < -0.3 is 4.90 Å². The van der Waals surface area contributed by atoms with E-state index in [0.29, 0.717) is 19.4 Å². The van der Waals surface area contributed by atoms with Gasteiger partial charge in [0.1, 0.15) is 0 Å². The molecule has 0 unspecified atom stereocenters. The van der Waals surface area contributed by atoms with Crippen molar-refractivity contribution in [3.8, 4) is 0 Å². The monoisotopic (exact) mass is 448 g/mol.